The van der Waals surface area contributed by atoms with Gasteiger partial charge < -0.3 is 4.52 Å². The third-order valence-corrected chi connectivity index (χ3v) is 2.48. The average Bonchev–Trinajstić information content (AvgIpc) is 2.49. The Bertz CT molecular complexity index is 267. The van der Waals surface area contributed by atoms with Gasteiger partial charge in [-0.1, -0.05) is 5.16 Å². The summed E-state index contributed by atoms with van der Waals surface area (Å²) in [5.74, 6) is 0. The summed E-state index contributed by atoms with van der Waals surface area (Å²) < 4.78 is 4.92. The normalized spacial score (nSPS) is 18.2. The van der Waals surface area contributed by atoms with E-state index < -0.39 is 0 Å². The first-order chi connectivity index (χ1) is 5.77. The lowest BCUT2D eigenvalue weighted by Gasteiger charge is -2.28. The van der Waals surface area contributed by atoms with E-state index in [0.717, 1.165) is 25.2 Å². The molecular formula is C9H14N2O. The molecule has 3 nitrogen and oxygen atoms in total. The highest BCUT2D eigenvalue weighted by Gasteiger charge is 2.20. The number of rotatable bonds is 1. The molecule has 1 aliphatic rings. The zero-order valence-corrected chi connectivity index (χ0v) is 7.58. The van der Waals surface area contributed by atoms with Gasteiger partial charge >= 0.3 is 0 Å². The second-order valence-electron chi connectivity index (χ2n) is 3.60. The van der Waals surface area contributed by atoms with Gasteiger partial charge in [0.2, 0.25) is 0 Å². The molecule has 0 aromatic carbocycles. The second-order valence-corrected chi connectivity index (χ2v) is 3.60. The number of aromatic nitrogens is 1. The van der Waals surface area contributed by atoms with Crippen LogP contribution in [-0.4, -0.2) is 22.6 Å². The molecule has 0 N–H and O–H groups in total. The van der Waals surface area contributed by atoms with Gasteiger partial charge in [0.25, 0.3) is 0 Å². The molecule has 0 amide bonds. The van der Waals surface area contributed by atoms with Crippen LogP contribution in [0, 0.1) is 0 Å². The van der Waals surface area contributed by atoms with Gasteiger partial charge in [-0.3, -0.25) is 4.90 Å². The lowest BCUT2D eigenvalue weighted by atomic mass is 10.1. The standard InChI is InChI=1S/C9H14N2O/c1-7(2)11-4-3-8-6-12-10-9(8)5-11/h6-7H,3-5H2,1-2H3. The Hall–Kier alpha value is -0.830. The molecule has 1 aromatic heterocycles. The summed E-state index contributed by atoms with van der Waals surface area (Å²) in [6.07, 6.45) is 2.85. The maximum atomic E-state index is 4.92. The molecular weight excluding hydrogens is 152 g/mol. The molecule has 0 saturated carbocycles. The first-order valence-corrected chi connectivity index (χ1v) is 4.43. The maximum Gasteiger partial charge on any atom is 0.127 e. The van der Waals surface area contributed by atoms with E-state index in [1.54, 1.807) is 6.26 Å². The highest BCUT2D eigenvalue weighted by molar-refractivity contribution is 5.17. The van der Waals surface area contributed by atoms with E-state index in [9.17, 15) is 0 Å². The summed E-state index contributed by atoms with van der Waals surface area (Å²) in [5.41, 5.74) is 2.40. The van der Waals surface area contributed by atoms with Crippen LogP contribution < -0.4 is 0 Å². The van der Waals surface area contributed by atoms with E-state index in [0.29, 0.717) is 6.04 Å². The number of nitrogens with zero attached hydrogens (tertiary/aromatic N) is 2. The smallest absolute Gasteiger partial charge is 0.127 e. The van der Waals surface area contributed by atoms with Crippen LogP contribution in [0.4, 0.5) is 0 Å². The quantitative estimate of drug-likeness (QED) is 0.632. The molecule has 2 rings (SSSR count). The first-order valence-electron chi connectivity index (χ1n) is 4.43. The average molecular weight is 166 g/mol. The molecule has 12 heavy (non-hydrogen) atoms. The summed E-state index contributed by atoms with van der Waals surface area (Å²) in [4.78, 5) is 2.41. The zero-order chi connectivity index (χ0) is 8.55. The Labute approximate surface area is 72.3 Å². The molecule has 0 aliphatic carbocycles. The van der Waals surface area contributed by atoms with Crippen molar-refractivity contribution >= 4 is 0 Å². The van der Waals surface area contributed by atoms with Gasteiger partial charge in [0.1, 0.15) is 12.0 Å². The fourth-order valence-electron chi connectivity index (χ4n) is 1.59. The second kappa shape index (κ2) is 2.90. The van der Waals surface area contributed by atoms with Gasteiger partial charge in [-0.05, 0) is 20.3 Å². The summed E-state index contributed by atoms with van der Waals surface area (Å²) in [5, 5.41) is 3.97. The van der Waals surface area contributed by atoms with Crippen LogP contribution in [0.1, 0.15) is 25.1 Å². The van der Waals surface area contributed by atoms with E-state index in [2.05, 4.69) is 23.9 Å². The topological polar surface area (TPSA) is 29.3 Å². The molecule has 3 heteroatoms. The SMILES string of the molecule is CC(C)N1CCc2conc2C1. The summed E-state index contributed by atoms with van der Waals surface area (Å²) in [7, 11) is 0. The van der Waals surface area contributed by atoms with Crippen molar-refractivity contribution < 1.29 is 4.52 Å². The summed E-state index contributed by atoms with van der Waals surface area (Å²) in [6.45, 7) is 6.51. The fraction of sp³-hybridized carbons (Fsp3) is 0.667. The molecule has 0 radical (unpaired) electrons. The van der Waals surface area contributed by atoms with Crippen LogP contribution in [0.2, 0.25) is 0 Å². The third kappa shape index (κ3) is 1.25. The Balaban J connectivity index is 2.15. The van der Waals surface area contributed by atoms with Gasteiger partial charge in [-0.15, -0.1) is 0 Å². The largest absolute Gasteiger partial charge is 0.364 e. The molecule has 0 bridgehead atoms. The monoisotopic (exact) mass is 166 g/mol. The van der Waals surface area contributed by atoms with Crippen LogP contribution in [0.15, 0.2) is 10.8 Å². The molecule has 1 aromatic rings. The van der Waals surface area contributed by atoms with Gasteiger partial charge in [0.05, 0.1) is 0 Å². The number of fused-ring (bicyclic) bond motifs is 1. The molecule has 1 aliphatic heterocycles. The van der Waals surface area contributed by atoms with E-state index >= 15 is 0 Å². The molecule has 0 saturated heterocycles. The lowest BCUT2D eigenvalue weighted by Crippen LogP contribution is -2.35. The minimum absolute atomic E-state index is 0.606. The van der Waals surface area contributed by atoms with E-state index in [-0.39, 0.29) is 0 Å². The predicted molar refractivity (Wildman–Crippen MR) is 45.8 cm³/mol. The highest BCUT2D eigenvalue weighted by atomic mass is 16.5. The maximum absolute atomic E-state index is 4.92. The molecule has 0 spiro atoms. The van der Waals surface area contributed by atoms with Crippen molar-refractivity contribution in [2.24, 2.45) is 0 Å². The van der Waals surface area contributed by atoms with Crippen molar-refractivity contribution in [2.75, 3.05) is 6.54 Å². The van der Waals surface area contributed by atoms with Crippen LogP contribution >= 0.6 is 0 Å². The van der Waals surface area contributed by atoms with Crippen molar-refractivity contribution in [3.63, 3.8) is 0 Å². The van der Waals surface area contributed by atoms with E-state index in [1.165, 1.54) is 5.56 Å². The minimum atomic E-state index is 0.606. The zero-order valence-electron chi connectivity index (χ0n) is 7.58. The van der Waals surface area contributed by atoms with Crippen molar-refractivity contribution in [2.45, 2.75) is 32.9 Å². The van der Waals surface area contributed by atoms with Crippen LogP contribution in [0.5, 0.6) is 0 Å². The molecule has 66 valence electrons. The summed E-state index contributed by atoms with van der Waals surface area (Å²) in [6, 6.07) is 0.606. The van der Waals surface area contributed by atoms with Crippen molar-refractivity contribution in [1.82, 2.24) is 10.1 Å². The molecule has 0 atom stereocenters. The van der Waals surface area contributed by atoms with Crippen molar-refractivity contribution in [1.29, 1.82) is 0 Å². The number of hydrogen-bond donors (Lipinski definition) is 0. The summed E-state index contributed by atoms with van der Waals surface area (Å²) >= 11 is 0. The Kier molecular flexibility index (Phi) is 1.89. The fourth-order valence-corrected chi connectivity index (χ4v) is 1.59. The molecule has 0 fully saturated rings. The van der Waals surface area contributed by atoms with Gasteiger partial charge in [0, 0.05) is 24.7 Å². The lowest BCUT2D eigenvalue weighted by molar-refractivity contribution is 0.199. The molecule has 2 heterocycles. The highest BCUT2D eigenvalue weighted by Crippen LogP contribution is 2.18. The van der Waals surface area contributed by atoms with Gasteiger partial charge in [-0.25, -0.2) is 0 Å². The Morgan fingerprint density at radius 2 is 2.42 bits per heavy atom. The number of hydrogen-bond acceptors (Lipinski definition) is 3. The first kappa shape index (κ1) is 7.80. The minimum Gasteiger partial charge on any atom is -0.364 e. The molecule has 0 unspecified atom stereocenters. The van der Waals surface area contributed by atoms with Crippen LogP contribution in [0.3, 0.4) is 0 Å². The van der Waals surface area contributed by atoms with E-state index in [4.69, 9.17) is 4.52 Å². The van der Waals surface area contributed by atoms with Crippen LogP contribution in [0.25, 0.3) is 0 Å². The van der Waals surface area contributed by atoms with Crippen molar-refractivity contribution in [3.8, 4) is 0 Å². The van der Waals surface area contributed by atoms with E-state index in [1.807, 2.05) is 0 Å². The third-order valence-electron chi connectivity index (χ3n) is 2.48. The van der Waals surface area contributed by atoms with Crippen molar-refractivity contribution in [3.05, 3.63) is 17.5 Å². The Morgan fingerprint density at radius 3 is 3.17 bits per heavy atom. The van der Waals surface area contributed by atoms with Crippen LogP contribution in [-0.2, 0) is 13.0 Å². The van der Waals surface area contributed by atoms with Gasteiger partial charge in [0.15, 0.2) is 0 Å². The Morgan fingerprint density at radius 1 is 1.58 bits per heavy atom. The van der Waals surface area contributed by atoms with Gasteiger partial charge in [-0.2, -0.15) is 0 Å². The predicted octanol–water partition coefficient (Wildman–Crippen LogP) is 1.44.